The van der Waals surface area contributed by atoms with E-state index >= 15 is 0 Å². The molecule has 0 aromatic heterocycles. The van der Waals surface area contributed by atoms with Crippen LogP contribution in [0.4, 0.5) is 0 Å². The summed E-state index contributed by atoms with van der Waals surface area (Å²) in [5, 5.41) is 13.5. The average Bonchev–Trinajstić information content (AvgIpc) is 2.47. The van der Waals surface area contributed by atoms with E-state index in [4.69, 9.17) is 16.3 Å². The zero-order valence-corrected chi connectivity index (χ0v) is 13.1. The molecule has 5 heteroatoms. The first-order chi connectivity index (χ1) is 9.98. The number of benzene rings is 1. The van der Waals surface area contributed by atoms with E-state index in [1.54, 1.807) is 12.1 Å². The van der Waals surface area contributed by atoms with Gasteiger partial charge in [0, 0.05) is 6.54 Å². The Morgan fingerprint density at radius 3 is 2.81 bits per heavy atom. The standard InChI is InChI=1S/C16H22ClNO3/c1-12-5-6-13(17)14(9-12)21-10-15(19)18-11-16(20)7-3-2-4-8-16/h5-6,9,20H,2-4,7-8,10-11H2,1H3,(H,18,19). The second-order valence-electron chi connectivity index (χ2n) is 5.78. The molecule has 1 aliphatic rings. The molecule has 0 atom stereocenters. The van der Waals surface area contributed by atoms with E-state index in [-0.39, 0.29) is 19.1 Å². The maximum absolute atomic E-state index is 11.8. The molecule has 0 spiro atoms. The molecule has 116 valence electrons. The smallest absolute Gasteiger partial charge is 0.258 e. The molecule has 1 fully saturated rings. The van der Waals surface area contributed by atoms with Gasteiger partial charge in [0.1, 0.15) is 5.75 Å². The highest BCUT2D eigenvalue weighted by molar-refractivity contribution is 6.32. The molecule has 0 bridgehead atoms. The molecule has 0 saturated heterocycles. The van der Waals surface area contributed by atoms with Gasteiger partial charge < -0.3 is 15.2 Å². The molecule has 0 heterocycles. The lowest BCUT2D eigenvalue weighted by atomic mass is 9.85. The van der Waals surface area contributed by atoms with Crippen molar-refractivity contribution < 1.29 is 14.6 Å². The molecule has 2 rings (SSSR count). The fourth-order valence-corrected chi connectivity index (χ4v) is 2.74. The molecule has 2 N–H and O–H groups in total. The molecule has 1 aliphatic carbocycles. The quantitative estimate of drug-likeness (QED) is 0.879. The zero-order valence-electron chi connectivity index (χ0n) is 12.3. The van der Waals surface area contributed by atoms with E-state index < -0.39 is 5.60 Å². The fraction of sp³-hybridized carbons (Fsp3) is 0.562. The first kappa shape index (κ1) is 16.1. The molecular weight excluding hydrogens is 290 g/mol. The van der Waals surface area contributed by atoms with Gasteiger partial charge in [-0.2, -0.15) is 0 Å². The number of hydrogen-bond donors (Lipinski definition) is 2. The van der Waals surface area contributed by atoms with Gasteiger partial charge in [-0.15, -0.1) is 0 Å². The van der Waals surface area contributed by atoms with Crippen molar-refractivity contribution in [2.24, 2.45) is 0 Å². The van der Waals surface area contributed by atoms with Gasteiger partial charge in [-0.05, 0) is 37.5 Å². The zero-order chi connectivity index (χ0) is 15.3. The van der Waals surface area contributed by atoms with Gasteiger partial charge in [0.25, 0.3) is 5.91 Å². The molecule has 1 aromatic rings. The van der Waals surface area contributed by atoms with Crippen molar-refractivity contribution in [2.45, 2.75) is 44.6 Å². The van der Waals surface area contributed by atoms with Crippen molar-refractivity contribution in [1.29, 1.82) is 0 Å². The first-order valence-corrected chi connectivity index (χ1v) is 7.74. The maximum Gasteiger partial charge on any atom is 0.258 e. The minimum absolute atomic E-state index is 0.0980. The summed E-state index contributed by atoms with van der Waals surface area (Å²) >= 11 is 6.00. The van der Waals surface area contributed by atoms with Crippen LogP contribution in [0.25, 0.3) is 0 Å². The number of aliphatic hydroxyl groups is 1. The highest BCUT2D eigenvalue weighted by Crippen LogP contribution is 2.27. The number of hydrogen-bond acceptors (Lipinski definition) is 3. The first-order valence-electron chi connectivity index (χ1n) is 7.37. The monoisotopic (exact) mass is 311 g/mol. The highest BCUT2D eigenvalue weighted by Gasteiger charge is 2.29. The van der Waals surface area contributed by atoms with Crippen molar-refractivity contribution in [1.82, 2.24) is 5.32 Å². The lowest BCUT2D eigenvalue weighted by molar-refractivity contribution is -0.124. The van der Waals surface area contributed by atoms with E-state index in [9.17, 15) is 9.90 Å². The second kappa shape index (κ2) is 7.14. The SMILES string of the molecule is Cc1ccc(Cl)c(OCC(=O)NCC2(O)CCCCC2)c1. The number of nitrogens with one attached hydrogen (secondary N) is 1. The summed E-state index contributed by atoms with van der Waals surface area (Å²) in [7, 11) is 0. The van der Waals surface area contributed by atoms with Crippen molar-refractivity contribution in [2.75, 3.05) is 13.2 Å². The van der Waals surface area contributed by atoms with E-state index in [1.807, 2.05) is 13.0 Å². The van der Waals surface area contributed by atoms with Crippen LogP contribution in [0.3, 0.4) is 0 Å². The number of amides is 1. The average molecular weight is 312 g/mol. The Kier molecular flexibility index (Phi) is 5.48. The normalized spacial score (nSPS) is 17.3. The van der Waals surface area contributed by atoms with Crippen LogP contribution < -0.4 is 10.1 Å². The van der Waals surface area contributed by atoms with Gasteiger partial charge in [-0.25, -0.2) is 0 Å². The van der Waals surface area contributed by atoms with E-state index in [2.05, 4.69) is 5.32 Å². The van der Waals surface area contributed by atoms with Crippen LogP contribution in [0.1, 0.15) is 37.7 Å². The Morgan fingerprint density at radius 2 is 2.10 bits per heavy atom. The van der Waals surface area contributed by atoms with Crippen LogP contribution in [-0.4, -0.2) is 29.8 Å². The molecule has 1 aromatic carbocycles. The van der Waals surface area contributed by atoms with Gasteiger partial charge in [-0.1, -0.05) is 36.9 Å². The third kappa shape index (κ3) is 4.90. The number of rotatable bonds is 5. The topological polar surface area (TPSA) is 58.6 Å². The molecule has 0 unspecified atom stereocenters. The summed E-state index contributed by atoms with van der Waals surface area (Å²) in [4.78, 5) is 11.8. The minimum Gasteiger partial charge on any atom is -0.482 e. The summed E-state index contributed by atoms with van der Waals surface area (Å²) in [5.41, 5.74) is 0.265. The lowest BCUT2D eigenvalue weighted by Crippen LogP contribution is -2.45. The summed E-state index contributed by atoms with van der Waals surface area (Å²) in [6.45, 7) is 2.12. The Balaban J connectivity index is 1.78. The molecule has 0 radical (unpaired) electrons. The molecule has 1 saturated carbocycles. The predicted octanol–water partition coefficient (Wildman–Crippen LogP) is 2.84. The van der Waals surface area contributed by atoms with Crippen LogP contribution >= 0.6 is 11.6 Å². The van der Waals surface area contributed by atoms with Gasteiger partial charge in [0.2, 0.25) is 0 Å². The van der Waals surface area contributed by atoms with Gasteiger partial charge >= 0.3 is 0 Å². The molecule has 21 heavy (non-hydrogen) atoms. The van der Waals surface area contributed by atoms with E-state index in [0.29, 0.717) is 10.8 Å². The van der Waals surface area contributed by atoms with E-state index in [0.717, 1.165) is 37.7 Å². The van der Waals surface area contributed by atoms with Crippen molar-refractivity contribution in [3.8, 4) is 5.75 Å². The summed E-state index contributed by atoms with van der Waals surface area (Å²) < 4.78 is 5.43. The van der Waals surface area contributed by atoms with Crippen LogP contribution in [0.2, 0.25) is 5.02 Å². The van der Waals surface area contributed by atoms with Crippen LogP contribution in [0.5, 0.6) is 5.75 Å². The Bertz CT molecular complexity index is 498. The summed E-state index contributed by atoms with van der Waals surface area (Å²) in [5.74, 6) is 0.259. The second-order valence-corrected chi connectivity index (χ2v) is 6.19. The molecule has 0 aliphatic heterocycles. The molecular formula is C16H22ClNO3. The Morgan fingerprint density at radius 1 is 1.38 bits per heavy atom. The number of ether oxygens (including phenoxy) is 1. The Hall–Kier alpha value is -1.26. The van der Waals surface area contributed by atoms with Crippen LogP contribution in [0, 0.1) is 6.92 Å². The number of halogens is 1. The molecule has 4 nitrogen and oxygen atoms in total. The van der Waals surface area contributed by atoms with Crippen molar-refractivity contribution in [3.63, 3.8) is 0 Å². The van der Waals surface area contributed by atoms with Crippen molar-refractivity contribution in [3.05, 3.63) is 28.8 Å². The van der Waals surface area contributed by atoms with Crippen LogP contribution in [-0.2, 0) is 4.79 Å². The predicted molar refractivity (Wildman–Crippen MR) is 82.7 cm³/mol. The maximum atomic E-state index is 11.8. The van der Waals surface area contributed by atoms with Gasteiger partial charge in [0.05, 0.1) is 10.6 Å². The number of carbonyl (C=O) groups is 1. The lowest BCUT2D eigenvalue weighted by Gasteiger charge is -2.32. The largest absolute Gasteiger partial charge is 0.482 e. The third-order valence-electron chi connectivity index (χ3n) is 3.84. The van der Waals surface area contributed by atoms with E-state index in [1.165, 1.54) is 0 Å². The Labute approximate surface area is 130 Å². The minimum atomic E-state index is -0.755. The fourth-order valence-electron chi connectivity index (χ4n) is 2.57. The van der Waals surface area contributed by atoms with Gasteiger partial charge in [0.15, 0.2) is 6.61 Å². The van der Waals surface area contributed by atoms with Crippen molar-refractivity contribution >= 4 is 17.5 Å². The third-order valence-corrected chi connectivity index (χ3v) is 4.16. The summed E-state index contributed by atoms with van der Waals surface area (Å²) in [6.07, 6.45) is 4.68. The highest BCUT2D eigenvalue weighted by atomic mass is 35.5. The number of carbonyl (C=O) groups excluding carboxylic acids is 1. The molecule has 1 amide bonds. The van der Waals surface area contributed by atoms with Gasteiger partial charge in [-0.3, -0.25) is 4.79 Å². The van der Waals surface area contributed by atoms with Crippen LogP contribution in [0.15, 0.2) is 18.2 Å². The number of aryl methyl sites for hydroxylation is 1. The summed E-state index contributed by atoms with van der Waals surface area (Å²) in [6, 6.07) is 5.42.